The molecule has 0 spiro atoms. The fourth-order valence-electron chi connectivity index (χ4n) is 3.27. The number of amides is 1. The quantitative estimate of drug-likeness (QED) is 0.343. The Morgan fingerprint density at radius 1 is 1.20 bits per heavy atom. The third-order valence-electron chi connectivity index (χ3n) is 4.87. The zero-order valence-electron chi connectivity index (χ0n) is 18.3. The van der Waals surface area contributed by atoms with Gasteiger partial charge in [-0.05, 0) is 38.5 Å². The molecule has 0 bridgehead atoms. The second-order valence-electron chi connectivity index (χ2n) is 8.42. The number of carbonyl (C=O) groups excluding carboxylic acids is 1. The van der Waals surface area contributed by atoms with E-state index in [9.17, 15) is 4.79 Å². The number of nitrogens with zero attached hydrogens (tertiary/aromatic N) is 3. The molecule has 2 heterocycles. The summed E-state index contributed by atoms with van der Waals surface area (Å²) in [5.74, 6) is 3.16. The van der Waals surface area contributed by atoms with Gasteiger partial charge in [-0.25, -0.2) is 4.79 Å². The van der Waals surface area contributed by atoms with Gasteiger partial charge < -0.3 is 25.2 Å². The summed E-state index contributed by atoms with van der Waals surface area (Å²) in [6.45, 7) is 9.84. The van der Waals surface area contributed by atoms with Crippen molar-refractivity contribution < 1.29 is 9.53 Å². The molecule has 3 rings (SSSR count). The molecule has 0 unspecified atom stereocenters. The minimum atomic E-state index is -0.463. The van der Waals surface area contributed by atoms with Crippen LogP contribution in [0.2, 0.25) is 0 Å². The number of guanidine groups is 1. The molecular weight excluding hydrogens is 513 g/mol. The van der Waals surface area contributed by atoms with E-state index >= 15 is 0 Å². The van der Waals surface area contributed by atoms with Crippen LogP contribution < -0.4 is 15.5 Å². The Balaban J connectivity index is 0.00000320. The lowest BCUT2D eigenvalue weighted by atomic mass is 10.1. The summed E-state index contributed by atoms with van der Waals surface area (Å²) in [5.41, 5.74) is 2.05. The third-order valence-corrected chi connectivity index (χ3v) is 5.81. The molecule has 0 saturated carbocycles. The monoisotopic (exact) mass is 547 g/mol. The number of hydrogen-bond donors (Lipinski definition) is 2. The third kappa shape index (κ3) is 7.40. The summed E-state index contributed by atoms with van der Waals surface area (Å²) >= 11 is 2.03. The number of carbonyl (C=O) groups is 1. The highest BCUT2D eigenvalue weighted by molar-refractivity contribution is 14.0. The van der Waals surface area contributed by atoms with Crippen LogP contribution in [-0.2, 0) is 11.3 Å². The van der Waals surface area contributed by atoms with Crippen molar-refractivity contribution in [1.29, 1.82) is 0 Å². The maximum Gasteiger partial charge on any atom is 0.410 e. The molecule has 7 nitrogen and oxygen atoms in total. The molecule has 0 aromatic heterocycles. The van der Waals surface area contributed by atoms with Gasteiger partial charge in [-0.3, -0.25) is 4.99 Å². The van der Waals surface area contributed by atoms with E-state index in [1.807, 2.05) is 32.5 Å². The van der Waals surface area contributed by atoms with E-state index in [4.69, 9.17) is 4.74 Å². The Bertz CT molecular complexity index is 711. The molecule has 9 heteroatoms. The molecule has 2 fully saturated rings. The van der Waals surface area contributed by atoms with Crippen LogP contribution in [0.4, 0.5) is 10.5 Å². The molecule has 1 aromatic carbocycles. The second kappa shape index (κ2) is 11.3. The Kier molecular flexibility index (Phi) is 9.39. The van der Waals surface area contributed by atoms with E-state index in [0.29, 0.717) is 19.6 Å². The zero-order chi connectivity index (χ0) is 20.9. The average Bonchev–Trinajstić information content (AvgIpc) is 2.66. The topological polar surface area (TPSA) is 69.2 Å². The number of anilines is 1. The number of thioether (sulfide) groups is 1. The lowest BCUT2D eigenvalue weighted by molar-refractivity contribution is 0.00701. The van der Waals surface area contributed by atoms with Gasteiger partial charge in [0.1, 0.15) is 5.60 Å². The molecule has 2 aliphatic rings. The van der Waals surface area contributed by atoms with Crippen LogP contribution in [0.1, 0.15) is 26.3 Å². The molecule has 2 N–H and O–H groups in total. The molecular formula is C21H34IN5O2S. The maximum absolute atomic E-state index is 12.0. The van der Waals surface area contributed by atoms with Gasteiger partial charge >= 0.3 is 6.09 Å². The van der Waals surface area contributed by atoms with E-state index in [2.05, 4.69) is 44.8 Å². The number of aliphatic imine (C=N–C) groups is 1. The van der Waals surface area contributed by atoms with Gasteiger partial charge in [0.05, 0.1) is 6.04 Å². The number of likely N-dealkylation sites (tertiary alicyclic amines) is 1. The molecule has 0 radical (unpaired) electrons. The van der Waals surface area contributed by atoms with Gasteiger partial charge in [0.25, 0.3) is 0 Å². The van der Waals surface area contributed by atoms with Crippen LogP contribution in [0.25, 0.3) is 0 Å². The highest BCUT2D eigenvalue weighted by Crippen LogP contribution is 2.20. The van der Waals surface area contributed by atoms with Crippen molar-refractivity contribution in [1.82, 2.24) is 15.5 Å². The van der Waals surface area contributed by atoms with Gasteiger partial charge in [0.2, 0.25) is 0 Å². The Morgan fingerprint density at radius 2 is 1.83 bits per heavy atom. The van der Waals surface area contributed by atoms with Crippen molar-refractivity contribution in [2.75, 3.05) is 49.6 Å². The van der Waals surface area contributed by atoms with E-state index in [1.54, 1.807) is 11.9 Å². The Morgan fingerprint density at radius 3 is 2.40 bits per heavy atom. The summed E-state index contributed by atoms with van der Waals surface area (Å²) < 4.78 is 5.39. The fraction of sp³-hybridized carbons (Fsp3) is 0.619. The van der Waals surface area contributed by atoms with E-state index in [0.717, 1.165) is 19.0 Å². The minimum Gasteiger partial charge on any atom is -0.444 e. The van der Waals surface area contributed by atoms with E-state index in [-0.39, 0.29) is 36.1 Å². The standard InChI is InChI=1S/C21H33N5O2S.HI/c1-21(2,3)28-20(27)26-14-17(15-26)24-19(22-4)23-13-16-5-7-18(8-6-16)25-9-11-29-12-10-25;/h5-8,17H,9-15H2,1-4H3,(H2,22,23,24);1H. The first-order valence-corrected chi connectivity index (χ1v) is 11.4. The largest absolute Gasteiger partial charge is 0.444 e. The van der Waals surface area contributed by atoms with Gasteiger partial charge in [-0.1, -0.05) is 12.1 Å². The van der Waals surface area contributed by atoms with Crippen LogP contribution in [-0.4, -0.2) is 73.3 Å². The second-order valence-corrected chi connectivity index (χ2v) is 9.64. The number of halogens is 1. The highest BCUT2D eigenvalue weighted by Gasteiger charge is 2.34. The first kappa shape index (κ1) is 24.9. The number of ether oxygens (including phenoxy) is 1. The summed E-state index contributed by atoms with van der Waals surface area (Å²) in [4.78, 5) is 20.5. The lowest BCUT2D eigenvalue weighted by Crippen LogP contribution is -2.63. The fourth-order valence-corrected chi connectivity index (χ4v) is 4.17. The summed E-state index contributed by atoms with van der Waals surface area (Å²) in [6, 6.07) is 8.94. The van der Waals surface area contributed by atoms with E-state index in [1.165, 1.54) is 22.8 Å². The Hall–Kier alpha value is -1.36. The SMILES string of the molecule is CN=C(NCc1ccc(N2CCSCC2)cc1)NC1CN(C(=O)OC(C)(C)C)C1.I. The smallest absolute Gasteiger partial charge is 0.410 e. The van der Waals surface area contributed by atoms with Crippen molar-refractivity contribution in [3.8, 4) is 0 Å². The number of rotatable bonds is 4. The number of hydrogen-bond acceptors (Lipinski definition) is 5. The van der Waals surface area contributed by atoms with Crippen LogP contribution in [0, 0.1) is 0 Å². The van der Waals surface area contributed by atoms with Crippen LogP contribution >= 0.6 is 35.7 Å². The van der Waals surface area contributed by atoms with Crippen molar-refractivity contribution >= 4 is 53.5 Å². The van der Waals surface area contributed by atoms with Crippen molar-refractivity contribution in [2.24, 2.45) is 4.99 Å². The van der Waals surface area contributed by atoms with Crippen molar-refractivity contribution in [3.63, 3.8) is 0 Å². The molecule has 0 aliphatic carbocycles. The molecule has 0 atom stereocenters. The first-order valence-electron chi connectivity index (χ1n) is 10.2. The summed E-state index contributed by atoms with van der Waals surface area (Å²) in [7, 11) is 1.76. The van der Waals surface area contributed by atoms with Gasteiger partial charge in [0, 0.05) is 57.0 Å². The summed E-state index contributed by atoms with van der Waals surface area (Å²) in [5, 5.41) is 6.72. The predicted octanol–water partition coefficient (Wildman–Crippen LogP) is 3.14. The maximum atomic E-state index is 12.0. The number of benzene rings is 1. The number of nitrogens with one attached hydrogen (secondary N) is 2. The molecule has 30 heavy (non-hydrogen) atoms. The molecule has 168 valence electrons. The minimum absolute atomic E-state index is 0. The molecule has 2 saturated heterocycles. The normalized spacial score (nSPS) is 17.7. The van der Waals surface area contributed by atoms with Crippen LogP contribution in [0.3, 0.4) is 0 Å². The zero-order valence-corrected chi connectivity index (χ0v) is 21.5. The van der Waals surface area contributed by atoms with E-state index < -0.39 is 5.60 Å². The Labute approximate surface area is 201 Å². The van der Waals surface area contributed by atoms with Crippen LogP contribution in [0.15, 0.2) is 29.3 Å². The van der Waals surface area contributed by atoms with Gasteiger partial charge in [0.15, 0.2) is 5.96 Å². The van der Waals surface area contributed by atoms with Gasteiger partial charge in [-0.2, -0.15) is 11.8 Å². The average molecular weight is 548 g/mol. The molecule has 1 amide bonds. The lowest BCUT2D eigenvalue weighted by Gasteiger charge is -2.40. The van der Waals surface area contributed by atoms with Crippen LogP contribution in [0.5, 0.6) is 0 Å². The molecule has 2 aliphatic heterocycles. The van der Waals surface area contributed by atoms with Gasteiger partial charge in [-0.15, -0.1) is 24.0 Å². The molecule has 1 aromatic rings. The van der Waals surface area contributed by atoms with Crippen molar-refractivity contribution in [2.45, 2.75) is 39.0 Å². The van der Waals surface area contributed by atoms with Crippen molar-refractivity contribution in [3.05, 3.63) is 29.8 Å². The summed E-state index contributed by atoms with van der Waals surface area (Å²) in [6.07, 6.45) is -0.258. The highest BCUT2D eigenvalue weighted by atomic mass is 127. The first-order chi connectivity index (χ1) is 13.8. The predicted molar refractivity (Wildman–Crippen MR) is 136 cm³/mol.